The lowest BCUT2D eigenvalue weighted by atomic mass is 10.2. The molecule has 3 aromatic rings. The fourth-order valence-electron chi connectivity index (χ4n) is 2.05. The first-order valence-corrected chi connectivity index (χ1v) is 7.65. The van der Waals surface area contributed by atoms with E-state index >= 15 is 0 Å². The molecule has 22 heavy (non-hydrogen) atoms. The van der Waals surface area contributed by atoms with E-state index in [4.69, 9.17) is 0 Å². The van der Waals surface area contributed by atoms with Crippen LogP contribution in [-0.4, -0.2) is 14.8 Å². The van der Waals surface area contributed by atoms with Gasteiger partial charge in [0.15, 0.2) is 11.0 Å². The van der Waals surface area contributed by atoms with Crippen molar-refractivity contribution in [1.29, 1.82) is 0 Å². The molecule has 2 aromatic carbocycles. The molecule has 0 N–H and O–H groups in total. The molecule has 0 aliphatic carbocycles. The Balaban J connectivity index is 1.79. The summed E-state index contributed by atoms with van der Waals surface area (Å²) in [6, 6.07) is 12.8. The van der Waals surface area contributed by atoms with Crippen LogP contribution in [0.1, 0.15) is 5.56 Å². The zero-order valence-electron chi connectivity index (χ0n) is 11.8. The number of nitrogens with zero attached hydrogens (tertiary/aromatic N) is 3. The predicted molar refractivity (Wildman–Crippen MR) is 82.4 cm³/mol. The highest BCUT2D eigenvalue weighted by Crippen LogP contribution is 2.26. The van der Waals surface area contributed by atoms with E-state index in [2.05, 4.69) is 10.2 Å². The molecule has 0 bridgehead atoms. The summed E-state index contributed by atoms with van der Waals surface area (Å²) >= 11 is 1.47. The van der Waals surface area contributed by atoms with E-state index in [9.17, 15) is 8.78 Å². The van der Waals surface area contributed by atoms with Crippen molar-refractivity contribution in [2.45, 2.75) is 10.9 Å². The maximum atomic E-state index is 13.8. The zero-order valence-corrected chi connectivity index (χ0v) is 12.6. The van der Waals surface area contributed by atoms with Crippen LogP contribution in [0.4, 0.5) is 8.78 Å². The third kappa shape index (κ3) is 3.01. The molecule has 112 valence electrons. The van der Waals surface area contributed by atoms with Crippen LogP contribution in [0.25, 0.3) is 11.4 Å². The summed E-state index contributed by atoms with van der Waals surface area (Å²) in [6.07, 6.45) is 0. The van der Waals surface area contributed by atoms with E-state index in [0.29, 0.717) is 22.3 Å². The van der Waals surface area contributed by atoms with Crippen molar-refractivity contribution >= 4 is 11.8 Å². The SMILES string of the molecule is Cn1c(SCc2ccc(F)cc2)nnc1-c1ccccc1F. The van der Waals surface area contributed by atoms with Gasteiger partial charge in [0, 0.05) is 12.8 Å². The van der Waals surface area contributed by atoms with Crippen molar-refractivity contribution in [3.8, 4) is 11.4 Å². The molecule has 0 amide bonds. The van der Waals surface area contributed by atoms with Gasteiger partial charge in [-0.3, -0.25) is 0 Å². The van der Waals surface area contributed by atoms with Crippen LogP contribution in [0.5, 0.6) is 0 Å². The molecular weight excluding hydrogens is 304 g/mol. The smallest absolute Gasteiger partial charge is 0.191 e. The number of halogens is 2. The van der Waals surface area contributed by atoms with Gasteiger partial charge in [0.25, 0.3) is 0 Å². The van der Waals surface area contributed by atoms with E-state index in [0.717, 1.165) is 5.56 Å². The Kier molecular flexibility index (Phi) is 4.20. The normalized spacial score (nSPS) is 10.9. The second kappa shape index (κ2) is 6.27. The van der Waals surface area contributed by atoms with Crippen molar-refractivity contribution in [3.05, 3.63) is 65.7 Å². The molecule has 1 aromatic heterocycles. The van der Waals surface area contributed by atoms with E-state index in [1.807, 2.05) is 0 Å². The van der Waals surface area contributed by atoms with E-state index in [-0.39, 0.29) is 11.6 Å². The second-order valence-electron chi connectivity index (χ2n) is 4.76. The van der Waals surface area contributed by atoms with E-state index in [1.165, 1.54) is 30.0 Å². The average molecular weight is 317 g/mol. The number of benzene rings is 2. The summed E-state index contributed by atoms with van der Waals surface area (Å²) < 4.78 is 28.5. The molecule has 0 aliphatic rings. The van der Waals surface area contributed by atoms with Crippen LogP contribution in [-0.2, 0) is 12.8 Å². The molecule has 1 heterocycles. The number of rotatable bonds is 4. The summed E-state index contributed by atoms with van der Waals surface area (Å²) in [7, 11) is 1.80. The van der Waals surface area contributed by atoms with Crippen LogP contribution in [0.2, 0.25) is 0 Å². The third-order valence-corrected chi connectivity index (χ3v) is 4.32. The summed E-state index contributed by atoms with van der Waals surface area (Å²) in [5.74, 6) is 0.547. The van der Waals surface area contributed by atoms with Crippen molar-refractivity contribution < 1.29 is 8.78 Å². The molecule has 0 saturated carbocycles. The number of thioether (sulfide) groups is 1. The topological polar surface area (TPSA) is 30.7 Å². The van der Waals surface area contributed by atoms with Crippen molar-refractivity contribution in [3.63, 3.8) is 0 Å². The second-order valence-corrected chi connectivity index (χ2v) is 5.70. The minimum Gasteiger partial charge on any atom is -0.305 e. The molecule has 0 aliphatic heterocycles. The minimum atomic E-state index is -0.326. The van der Waals surface area contributed by atoms with Crippen LogP contribution in [0, 0.1) is 11.6 Å². The lowest BCUT2D eigenvalue weighted by Crippen LogP contribution is -1.96. The van der Waals surface area contributed by atoms with E-state index < -0.39 is 0 Å². The third-order valence-electron chi connectivity index (χ3n) is 3.23. The summed E-state index contributed by atoms with van der Waals surface area (Å²) in [5, 5.41) is 8.85. The van der Waals surface area contributed by atoms with Gasteiger partial charge in [-0.1, -0.05) is 36.0 Å². The molecule has 0 spiro atoms. The highest BCUT2D eigenvalue weighted by atomic mass is 32.2. The monoisotopic (exact) mass is 317 g/mol. The molecule has 0 fully saturated rings. The molecule has 3 nitrogen and oxygen atoms in total. The van der Waals surface area contributed by atoms with Crippen LogP contribution < -0.4 is 0 Å². The van der Waals surface area contributed by atoms with Gasteiger partial charge < -0.3 is 4.57 Å². The number of hydrogen-bond donors (Lipinski definition) is 0. The molecular formula is C16H13F2N3S. The van der Waals surface area contributed by atoms with E-state index in [1.54, 1.807) is 41.9 Å². The Hall–Kier alpha value is -2.21. The highest BCUT2D eigenvalue weighted by molar-refractivity contribution is 7.98. The summed E-state index contributed by atoms with van der Waals surface area (Å²) in [4.78, 5) is 0. The van der Waals surface area contributed by atoms with Crippen LogP contribution >= 0.6 is 11.8 Å². The zero-order chi connectivity index (χ0) is 15.5. The fraction of sp³-hybridized carbons (Fsp3) is 0.125. The first-order valence-electron chi connectivity index (χ1n) is 6.66. The van der Waals surface area contributed by atoms with Gasteiger partial charge in [0.2, 0.25) is 0 Å². The molecule has 6 heteroatoms. The molecule has 3 rings (SSSR count). The maximum Gasteiger partial charge on any atom is 0.191 e. The van der Waals surface area contributed by atoms with Gasteiger partial charge >= 0.3 is 0 Å². The molecule has 0 atom stereocenters. The lowest BCUT2D eigenvalue weighted by Gasteiger charge is -2.05. The summed E-state index contributed by atoms with van der Waals surface area (Å²) in [6.45, 7) is 0. The maximum absolute atomic E-state index is 13.8. The molecule has 0 unspecified atom stereocenters. The fourth-order valence-corrected chi connectivity index (χ4v) is 2.91. The number of aromatic nitrogens is 3. The van der Waals surface area contributed by atoms with Crippen LogP contribution in [0.3, 0.4) is 0 Å². The van der Waals surface area contributed by atoms with Gasteiger partial charge in [-0.15, -0.1) is 10.2 Å². The van der Waals surface area contributed by atoms with Gasteiger partial charge in [0.1, 0.15) is 11.6 Å². The van der Waals surface area contributed by atoms with Gasteiger partial charge in [-0.25, -0.2) is 8.78 Å². The van der Waals surface area contributed by atoms with Gasteiger partial charge in [0.05, 0.1) is 5.56 Å². The van der Waals surface area contributed by atoms with Gasteiger partial charge in [-0.05, 0) is 29.8 Å². The van der Waals surface area contributed by atoms with Gasteiger partial charge in [-0.2, -0.15) is 0 Å². The lowest BCUT2D eigenvalue weighted by molar-refractivity contribution is 0.627. The summed E-state index contributed by atoms with van der Waals surface area (Å²) in [5.41, 5.74) is 1.41. The molecule has 0 saturated heterocycles. The van der Waals surface area contributed by atoms with Crippen LogP contribution in [0.15, 0.2) is 53.7 Å². The Morgan fingerprint density at radius 2 is 1.73 bits per heavy atom. The predicted octanol–water partition coefficient (Wildman–Crippen LogP) is 4.05. The Morgan fingerprint density at radius 1 is 1.00 bits per heavy atom. The first-order chi connectivity index (χ1) is 10.6. The molecule has 0 radical (unpaired) electrons. The van der Waals surface area contributed by atoms with Crippen molar-refractivity contribution in [2.75, 3.05) is 0 Å². The minimum absolute atomic E-state index is 0.255. The Labute approximate surface area is 131 Å². The standard InChI is InChI=1S/C16H13F2N3S/c1-21-15(13-4-2-3-5-14(13)18)19-20-16(21)22-10-11-6-8-12(17)9-7-11/h2-9H,10H2,1H3. The largest absolute Gasteiger partial charge is 0.305 e. The Morgan fingerprint density at radius 3 is 2.45 bits per heavy atom. The first kappa shape index (κ1) is 14.7. The quantitative estimate of drug-likeness (QED) is 0.680. The Bertz CT molecular complexity index is 784. The van der Waals surface area contributed by atoms with Crippen molar-refractivity contribution in [1.82, 2.24) is 14.8 Å². The average Bonchev–Trinajstić information content (AvgIpc) is 2.88. The number of hydrogen-bond acceptors (Lipinski definition) is 3. The highest BCUT2D eigenvalue weighted by Gasteiger charge is 2.14. The van der Waals surface area contributed by atoms with Crippen molar-refractivity contribution in [2.24, 2.45) is 7.05 Å².